The Morgan fingerprint density at radius 2 is 1.77 bits per heavy atom. The van der Waals surface area contributed by atoms with E-state index in [-0.39, 0.29) is 6.04 Å². The van der Waals surface area contributed by atoms with Crippen molar-refractivity contribution in [1.82, 2.24) is 4.72 Å². The summed E-state index contributed by atoms with van der Waals surface area (Å²) in [4.78, 5) is 3.78. The Labute approximate surface area is 158 Å². The summed E-state index contributed by atoms with van der Waals surface area (Å²) in [6.07, 6.45) is 0.990. The maximum atomic E-state index is 12.6. The van der Waals surface area contributed by atoms with Gasteiger partial charge in [-0.25, -0.2) is 13.1 Å². The first-order valence-corrected chi connectivity index (χ1v) is 10.9. The van der Waals surface area contributed by atoms with Crippen LogP contribution in [0.1, 0.15) is 16.5 Å². The molecule has 0 aliphatic carbocycles. The summed E-state index contributed by atoms with van der Waals surface area (Å²) >= 11 is 1.66. The molecule has 4 rings (SSSR count). The minimum Gasteiger partial charge on any atom is -0.362 e. The molecule has 6 heteroatoms. The van der Waals surface area contributed by atoms with Gasteiger partial charge in [0.15, 0.2) is 0 Å². The first-order valence-electron chi connectivity index (χ1n) is 8.58. The molecule has 0 amide bonds. The topological polar surface area (TPSA) is 49.4 Å². The molecule has 0 radical (unpaired) electrons. The molecule has 1 aliphatic rings. The van der Waals surface area contributed by atoms with Crippen LogP contribution in [0, 0.1) is 0 Å². The number of benzene rings is 2. The molecule has 1 atom stereocenters. The molecule has 1 aromatic heterocycles. The molecule has 0 spiro atoms. The van der Waals surface area contributed by atoms with E-state index in [2.05, 4.69) is 33.9 Å². The second kappa shape index (κ2) is 7.23. The number of sulfonamides is 1. The maximum Gasteiger partial charge on any atom is 0.240 e. The third-order valence-electron chi connectivity index (χ3n) is 4.69. The van der Waals surface area contributed by atoms with Gasteiger partial charge in [0.1, 0.15) is 0 Å². The van der Waals surface area contributed by atoms with Gasteiger partial charge in [-0.05, 0) is 41.6 Å². The van der Waals surface area contributed by atoms with Crippen molar-refractivity contribution in [2.24, 2.45) is 0 Å². The summed E-state index contributed by atoms with van der Waals surface area (Å²) in [7, 11) is -3.53. The van der Waals surface area contributed by atoms with Gasteiger partial charge >= 0.3 is 0 Å². The Balaban J connectivity index is 1.60. The van der Waals surface area contributed by atoms with E-state index < -0.39 is 10.0 Å². The lowest BCUT2D eigenvalue weighted by atomic mass is 10.1. The van der Waals surface area contributed by atoms with Crippen LogP contribution < -0.4 is 9.62 Å². The molecule has 134 valence electrons. The number of hydrogen-bond acceptors (Lipinski definition) is 4. The van der Waals surface area contributed by atoms with E-state index in [0.29, 0.717) is 11.4 Å². The van der Waals surface area contributed by atoms with Crippen molar-refractivity contribution in [1.29, 1.82) is 0 Å². The molecule has 1 N–H and O–H groups in total. The predicted molar refractivity (Wildman–Crippen MR) is 106 cm³/mol. The van der Waals surface area contributed by atoms with E-state index in [1.165, 1.54) is 11.3 Å². The smallest absolute Gasteiger partial charge is 0.240 e. The monoisotopic (exact) mass is 384 g/mol. The van der Waals surface area contributed by atoms with E-state index in [9.17, 15) is 8.42 Å². The highest BCUT2D eigenvalue weighted by atomic mass is 32.2. The van der Waals surface area contributed by atoms with Gasteiger partial charge in [-0.15, -0.1) is 11.3 Å². The zero-order valence-electron chi connectivity index (χ0n) is 14.2. The number of hydrogen-bond donors (Lipinski definition) is 1. The van der Waals surface area contributed by atoms with Gasteiger partial charge in [0.05, 0.1) is 10.9 Å². The van der Waals surface area contributed by atoms with Crippen molar-refractivity contribution in [3.05, 3.63) is 82.6 Å². The van der Waals surface area contributed by atoms with Crippen molar-refractivity contribution in [3.8, 4) is 0 Å². The number of rotatable bonds is 6. The molecule has 3 aromatic rings. The van der Waals surface area contributed by atoms with Crippen LogP contribution in [0.25, 0.3) is 0 Å². The van der Waals surface area contributed by atoms with Crippen LogP contribution >= 0.6 is 11.3 Å². The number of para-hydroxylation sites is 1. The van der Waals surface area contributed by atoms with Gasteiger partial charge in [0.25, 0.3) is 0 Å². The van der Waals surface area contributed by atoms with Gasteiger partial charge < -0.3 is 4.90 Å². The highest BCUT2D eigenvalue weighted by Crippen LogP contribution is 2.36. The highest BCUT2D eigenvalue weighted by molar-refractivity contribution is 7.89. The van der Waals surface area contributed by atoms with E-state index in [1.54, 1.807) is 35.6 Å². The van der Waals surface area contributed by atoms with E-state index in [4.69, 9.17) is 0 Å². The van der Waals surface area contributed by atoms with E-state index >= 15 is 0 Å². The number of anilines is 1. The third kappa shape index (κ3) is 3.40. The van der Waals surface area contributed by atoms with Crippen LogP contribution in [0.3, 0.4) is 0 Å². The van der Waals surface area contributed by atoms with Crippen LogP contribution in [-0.2, 0) is 16.4 Å². The zero-order chi connectivity index (χ0) is 18.0. The lowest BCUT2D eigenvalue weighted by Crippen LogP contribution is -2.37. The quantitative estimate of drug-likeness (QED) is 0.703. The van der Waals surface area contributed by atoms with Crippen molar-refractivity contribution in [2.75, 3.05) is 18.0 Å². The maximum absolute atomic E-state index is 12.6. The third-order valence-corrected chi connectivity index (χ3v) is 7.10. The molecule has 0 bridgehead atoms. The Bertz CT molecular complexity index is 970. The fourth-order valence-electron chi connectivity index (χ4n) is 3.40. The molecule has 2 heterocycles. The van der Waals surface area contributed by atoms with Crippen LogP contribution in [0.2, 0.25) is 0 Å². The molecule has 2 aromatic carbocycles. The average molecular weight is 385 g/mol. The summed E-state index contributed by atoms with van der Waals surface area (Å²) in [5, 5.41) is 2.04. The Morgan fingerprint density at radius 3 is 2.54 bits per heavy atom. The molecule has 0 fully saturated rings. The Hall–Kier alpha value is -2.15. The minimum absolute atomic E-state index is 0.0165. The van der Waals surface area contributed by atoms with Crippen molar-refractivity contribution in [3.63, 3.8) is 0 Å². The number of nitrogens with one attached hydrogen (secondary N) is 1. The number of fused-ring (bicyclic) bond motifs is 1. The van der Waals surface area contributed by atoms with Gasteiger partial charge in [-0.2, -0.15) is 0 Å². The number of nitrogens with zero attached hydrogens (tertiary/aromatic N) is 1. The highest BCUT2D eigenvalue weighted by Gasteiger charge is 2.29. The van der Waals surface area contributed by atoms with Crippen LogP contribution in [-0.4, -0.2) is 21.5 Å². The van der Waals surface area contributed by atoms with Gasteiger partial charge in [0.2, 0.25) is 10.0 Å². The molecule has 0 saturated heterocycles. The molecule has 1 aliphatic heterocycles. The van der Waals surface area contributed by atoms with Crippen LogP contribution in [0.4, 0.5) is 5.69 Å². The Morgan fingerprint density at radius 1 is 1.00 bits per heavy atom. The second-order valence-electron chi connectivity index (χ2n) is 6.27. The molecule has 0 saturated carbocycles. The zero-order valence-corrected chi connectivity index (χ0v) is 15.8. The van der Waals surface area contributed by atoms with Crippen molar-refractivity contribution >= 4 is 27.0 Å². The van der Waals surface area contributed by atoms with E-state index in [1.807, 2.05) is 23.6 Å². The second-order valence-corrected chi connectivity index (χ2v) is 9.01. The van der Waals surface area contributed by atoms with Crippen LogP contribution in [0.15, 0.2) is 77.0 Å². The molecule has 1 unspecified atom stereocenters. The number of thiophene rings is 1. The summed E-state index contributed by atoms with van der Waals surface area (Å²) in [6.45, 7) is 1.24. The van der Waals surface area contributed by atoms with Gasteiger partial charge in [-0.3, -0.25) is 0 Å². The van der Waals surface area contributed by atoms with Crippen molar-refractivity contribution in [2.45, 2.75) is 17.4 Å². The van der Waals surface area contributed by atoms with E-state index in [0.717, 1.165) is 17.8 Å². The summed E-state index contributed by atoms with van der Waals surface area (Å²) in [6, 6.07) is 21.0. The first kappa shape index (κ1) is 17.3. The molecule has 26 heavy (non-hydrogen) atoms. The molecular formula is C20H20N2O2S2. The Kier molecular flexibility index (Phi) is 4.80. The molecule has 4 nitrogen and oxygen atoms in total. The van der Waals surface area contributed by atoms with Crippen LogP contribution in [0.5, 0.6) is 0 Å². The summed E-state index contributed by atoms with van der Waals surface area (Å²) in [5.74, 6) is 0. The summed E-state index contributed by atoms with van der Waals surface area (Å²) in [5.41, 5.74) is 2.52. The first-order chi connectivity index (χ1) is 12.6. The molecular weight excluding hydrogens is 364 g/mol. The fraction of sp³-hybridized carbons (Fsp3) is 0.200. The average Bonchev–Trinajstić information content (AvgIpc) is 3.33. The lowest BCUT2D eigenvalue weighted by Gasteiger charge is -2.30. The normalized spacial score (nSPS) is 15.0. The largest absolute Gasteiger partial charge is 0.362 e. The standard InChI is InChI=1S/C20H20N2O2S2/c23-26(24,17-8-2-1-3-9-17)21-15-19(20-11-6-14-25-20)22-13-12-16-7-4-5-10-18(16)22/h1-11,14,19,21H,12-13,15H2. The SMILES string of the molecule is O=S(=O)(NCC(c1cccs1)N1CCc2ccccc21)c1ccccc1. The van der Waals surface area contributed by atoms with Gasteiger partial charge in [-0.1, -0.05) is 42.5 Å². The summed E-state index contributed by atoms with van der Waals surface area (Å²) < 4.78 is 28.1. The fourth-order valence-corrected chi connectivity index (χ4v) is 5.30. The minimum atomic E-state index is -3.53. The van der Waals surface area contributed by atoms with Crippen molar-refractivity contribution < 1.29 is 8.42 Å². The lowest BCUT2D eigenvalue weighted by molar-refractivity contribution is 0.565. The van der Waals surface area contributed by atoms with Gasteiger partial charge in [0, 0.05) is 23.7 Å². The predicted octanol–water partition coefficient (Wildman–Crippen LogP) is 3.83.